The second kappa shape index (κ2) is 11.2. The summed E-state index contributed by atoms with van der Waals surface area (Å²) in [5.41, 5.74) is 2.99. The van der Waals surface area contributed by atoms with Gasteiger partial charge < -0.3 is 9.80 Å². The summed E-state index contributed by atoms with van der Waals surface area (Å²) in [6.45, 7) is 3.75. The molecule has 1 unspecified atom stereocenters. The lowest BCUT2D eigenvalue weighted by Gasteiger charge is -2.36. The topological polar surface area (TPSA) is 87.0 Å². The van der Waals surface area contributed by atoms with Crippen molar-refractivity contribution in [1.29, 1.82) is 0 Å². The number of carbonyl (C=O) groups is 2. The van der Waals surface area contributed by atoms with E-state index in [9.17, 15) is 19.7 Å². The highest BCUT2D eigenvalue weighted by molar-refractivity contribution is 7.10. The van der Waals surface area contributed by atoms with E-state index < -0.39 is 4.92 Å². The minimum absolute atomic E-state index is 0.0392. The van der Waals surface area contributed by atoms with Gasteiger partial charge in [0.15, 0.2) is 0 Å². The SMILES string of the molecule is O=C(CCN1CCc2sccc2C1c1ccccc1)N1CCCN(C(=O)c2ccc([N+](=O)[O-])cc2)CC1. The van der Waals surface area contributed by atoms with Crippen molar-refractivity contribution in [3.63, 3.8) is 0 Å². The van der Waals surface area contributed by atoms with Gasteiger partial charge >= 0.3 is 0 Å². The van der Waals surface area contributed by atoms with Gasteiger partial charge in [-0.15, -0.1) is 11.3 Å². The van der Waals surface area contributed by atoms with Gasteiger partial charge in [0.2, 0.25) is 5.91 Å². The van der Waals surface area contributed by atoms with Gasteiger partial charge in [0.25, 0.3) is 11.6 Å². The van der Waals surface area contributed by atoms with Gasteiger partial charge in [-0.3, -0.25) is 24.6 Å². The lowest BCUT2D eigenvalue weighted by molar-refractivity contribution is -0.384. The van der Waals surface area contributed by atoms with E-state index in [2.05, 4.69) is 40.6 Å². The fourth-order valence-corrected chi connectivity index (χ4v) is 6.21. The van der Waals surface area contributed by atoms with E-state index in [1.165, 1.54) is 40.3 Å². The summed E-state index contributed by atoms with van der Waals surface area (Å²) >= 11 is 1.81. The zero-order valence-electron chi connectivity index (χ0n) is 20.6. The molecule has 8 nitrogen and oxygen atoms in total. The van der Waals surface area contributed by atoms with E-state index in [-0.39, 0.29) is 23.5 Å². The molecular formula is C28H30N4O4S. The maximum Gasteiger partial charge on any atom is 0.269 e. The van der Waals surface area contributed by atoms with Crippen LogP contribution in [0, 0.1) is 10.1 Å². The Morgan fingerprint density at radius 3 is 2.41 bits per heavy atom. The van der Waals surface area contributed by atoms with Gasteiger partial charge in [-0.25, -0.2) is 0 Å². The van der Waals surface area contributed by atoms with Crippen molar-refractivity contribution in [1.82, 2.24) is 14.7 Å². The summed E-state index contributed by atoms with van der Waals surface area (Å²) in [5, 5.41) is 13.0. The average molecular weight is 519 g/mol. The van der Waals surface area contributed by atoms with Gasteiger partial charge in [-0.1, -0.05) is 30.3 Å². The first-order valence-corrected chi connectivity index (χ1v) is 13.6. The molecule has 37 heavy (non-hydrogen) atoms. The number of hydrogen-bond acceptors (Lipinski definition) is 6. The molecule has 0 bridgehead atoms. The molecule has 2 aliphatic rings. The Morgan fingerprint density at radius 1 is 0.919 bits per heavy atom. The highest BCUT2D eigenvalue weighted by Gasteiger charge is 2.30. The third kappa shape index (κ3) is 5.57. The Labute approximate surface area is 220 Å². The van der Waals surface area contributed by atoms with Crippen LogP contribution < -0.4 is 0 Å². The van der Waals surface area contributed by atoms with Crippen molar-refractivity contribution in [3.8, 4) is 0 Å². The van der Waals surface area contributed by atoms with Crippen molar-refractivity contribution < 1.29 is 14.5 Å². The molecule has 0 N–H and O–H groups in total. The summed E-state index contributed by atoms with van der Waals surface area (Å²) in [5.74, 6) is -0.0395. The molecule has 2 aromatic carbocycles. The number of benzene rings is 2. The number of nitro benzene ring substituents is 1. The van der Waals surface area contributed by atoms with Gasteiger partial charge in [0.05, 0.1) is 11.0 Å². The number of rotatable bonds is 6. The minimum Gasteiger partial charge on any atom is -0.341 e. The number of nitro groups is 1. The molecule has 2 aliphatic heterocycles. The molecular weight excluding hydrogens is 488 g/mol. The maximum absolute atomic E-state index is 13.2. The Bertz CT molecular complexity index is 1260. The Balaban J connectivity index is 1.19. The fraction of sp³-hybridized carbons (Fsp3) is 0.357. The molecule has 1 fully saturated rings. The molecule has 3 heterocycles. The smallest absolute Gasteiger partial charge is 0.269 e. The highest BCUT2D eigenvalue weighted by atomic mass is 32.1. The standard InChI is InChI=1S/C28H30N4O4S/c33-26(12-17-30-16-11-25-24(13-20-37-25)27(30)21-5-2-1-3-6-21)29-14-4-15-31(19-18-29)28(34)22-7-9-23(10-8-22)32(35)36/h1-3,5-10,13,20,27H,4,11-12,14-19H2. The Kier molecular flexibility index (Phi) is 7.62. The first-order chi connectivity index (χ1) is 18.0. The zero-order chi connectivity index (χ0) is 25.8. The van der Waals surface area contributed by atoms with Crippen molar-refractivity contribution in [2.75, 3.05) is 39.3 Å². The Morgan fingerprint density at radius 2 is 1.65 bits per heavy atom. The third-order valence-corrected chi connectivity index (χ3v) is 8.25. The van der Waals surface area contributed by atoms with Crippen LogP contribution in [0.3, 0.4) is 0 Å². The number of nitrogens with zero attached hydrogens (tertiary/aromatic N) is 4. The summed E-state index contributed by atoms with van der Waals surface area (Å²) in [6.07, 6.45) is 2.16. The molecule has 192 valence electrons. The second-order valence-electron chi connectivity index (χ2n) is 9.48. The molecule has 9 heteroatoms. The van der Waals surface area contributed by atoms with Crippen molar-refractivity contribution in [2.45, 2.75) is 25.3 Å². The second-order valence-corrected chi connectivity index (χ2v) is 10.5. The number of fused-ring (bicyclic) bond motifs is 1. The Hall–Kier alpha value is -3.56. The quantitative estimate of drug-likeness (QED) is 0.357. The lowest BCUT2D eigenvalue weighted by atomic mass is 9.93. The van der Waals surface area contributed by atoms with E-state index in [0.29, 0.717) is 51.1 Å². The molecule has 1 saturated heterocycles. The summed E-state index contributed by atoms with van der Waals surface area (Å²) in [7, 11) is 0. The van der Waals surface area contributed by atoms with Crippen molar-refractivity contribution >= 4 is 28.8 Å². The van der Waals surface area contributed by atoms with Crippen LogP contribution in [-0.2, 0) is 11.2 Å². The van der Waals surface area contributed by atoms with E-state index >= 15 is 0 Å². The van der Waals surface area contributed by atoms with Crippen molar-refractivity contribution in [2.24, 2.45) is 0 Å². The molecule has 0 aliphatic carbocycles. The van der Waals surface area contributed by atoms with E-state index in [1.54, 1.807) is 4.90 Å². The van der Waals surface area contributed by atoms with Crippen LogP contribution in [0.5, 0.6) is 0 Å². The van der Waals surface area contributed by atoms with Crippen LogP contribution in [0.15, 0.2) is 66.0 Å². The fourth-order valence-electron chi connectivity index (χ4n) is 5.31. The van der Waals surface area contributed by atoms with Crippen LogP contribution in [0.1, 0.15) is 45.2 Å². The normalized spacial score (nSPS) is 18.2. The van der Waals surface area contributed by atoms with Gasteiger partial charge in [-0.2, -0.15) is 0 Å². The first kappa shape index (κ1) is 25.1. The predicted octanol–water partition coefficient (Wildman–Crippen LogP) is 4.37. The monoisotopic (exact) mass is 518 g/mol. The maximum atomic E-state index is 13.2. The van der Waals surface area contributed by atoms with Gasteiger partial charge in [-0.05, 0) is 47.5 Å². The first-order valence-electron chi connectivity index (χ1n) is 12.7. The van der Waals surface area contributed by atoms with Crippen LogP contribution in [-0.4, -0.2) is 70.7 Å². The molecule has 5 rings (SSSR count). The molecule has 1 atom stereocenters. The molecule has 1 aromatic heterocycles. The van der Waals surface area contributed by atoms with Crippen LogP contribution in [0.25, 0.3) is 0 Å². The van der Waals surface area contributed by atoms with Crippen LogP contribution in [0.4, 0.5) is 5.69 Å². The third-order valence-electron chi connectivity index (χ3n) is 7.25. The molecule has 0 radical (unpaired) electrons. The van der Waals surface area contributed by atoms with Gasteiger partial charge in [0, 0.05) is 68.3 Å². The van der Waals surface area contributed by atoms with E-state index in [4.69, 9.17) is 0 Å². The van der Waals surface area contributed by atoms with Crippen molar-refractivity contribution in [3.05, 3.63) is 97.7 Å². The predicted molar refractivity (Wildman–Crippen MR) is 143 cm³/mol. The lowest BCUT2D eigenvalue weighted by Crippen LogP contribution is -2.40. The van der Waals surface area contributed by atoms with Crippen LogP contribution in [0.2, 0.25) is 0 Å². The number of hydrogen-bond donors (Lipinski definition) is 0. The summed E-state index contributed by atoms with van der Waals surface area (Å²) < 4.78 is 0. The summed E-state index contributed by atoms with van der Waals surface area (Å²) in [4.78, 5) is 44.0. The molecule has 2 amide bonds. The highest BCUT2D eigenvalue weighted by Crippen LogP contribution is 2.37. The average Bonchev–Trinajstić information content (AvgIpc) is 3.27. The molecule has 0 spiro atoms. The minimum atomic E-state index is -0.477. The van der Waals surface area contributed by atoms with E-state index in [0.717, 1.165) is 13.0 Å². The number of non-ortho nitro benzene ring substituents is 1. The van der Waals surface area contributed by atoms with Crippen LogP contribution >= 0.6 is 11.3 Å². The number of amides is 2. The zero-order valence-corrected chi connectivity index (χ0v) is 21.4. The molecule has 3 aromatic rings. The summed E-state index contributed by atoms with van der Waals surface area (Å²) in [6, 6.07) is 18.6. The number of carbonyl (C=O) groups excluding carboxylic acids is 2. The molecule has 0 saturated carbocycles. The number of thiophene rings is 1. The van der Waals surface area contributed by atoms with E-state index in [1.807, 2.05) is 22.3 Å². The van der Waals surface area contributed by atoms with Gasteiger partial charge in [0.1, 0.15) is 0 Å². The largest absolute Gasteiger partial charge is 0.341 e.